The highest BCUT2D eigenvalue weighted by Crippen LogP contribution is 2.23. The zero-order valence-corrected chi connectivity index (χ0v) is 17.1. The van der Waals surface area contributed by atoms with Crippen LogP contribution in [-0.2, 0) is 14.8 Å². The van der Waals surface area contributed by atoms with Crippen LogP contribution in [0.4, 0.5) is 11.4 Å². The molecule has 1 amide bonds. The molecule has 0 radical (unpaired) electrons. The number of carbonyl (C=O) groups excluding carboxylic acids is 1. The van der Waals surface area contributed by atoms with Gasteiger partial charge in [0.2, 0.25) is 15.9 Å². The lowest BCUT2D eigenvalue weighted by atomic mass is 10.2. The van der Waals surface area contributed by atoms with Gasteiger partial charge in [-0.15, -0.1) is 0 Å². The lowest BCUT2D eigenvalue weighted by Crippen LogP contribution is -2.37. The number of amides is 1. The molecule has 0 atom stereocenters. The average molecular weight is 401 g/mol. The maximum absolute atomic E-state index is 12.5. The fraction of sp³-hybridized carbons (Fsp3) is 0.316. The van der Waals surface area contributed by atoms with Gasteiger partial charge in [0.25, 0.3) is 0 Å². The number of aryl methyl sites for hydroxylation is 1. The summed E-state index contributed by atoms with van der Waals surface area (Å²) in [5.74, 6) is -0.453. The van der Waals surface area contributed by atoms with Crippen molar-refractivity contribution < 1.29 is 13.2 Å². The molecule has 2 heterocycles. The minimum absolute atomic E-state index is 0.169. The van der Waals surface area contributed by atoms with Gasteiger partial charge in [-0.2, -0.15) is 5.10 Å². The lowest BCUT2D eigenvalue weighted by Gasteiger charge is -2.23. The monoisotopic (exact) mass is 401 g/mol. The normalized spacial score (nSPS) is 11.8. The highest BCUT2D eigenvalue weighted by Gasteiger charge is 2.22. The second-order valence-electron chi connectivity index (χ2n) is 6.92. The number of carbonyl (C=O) groups is 1. The number of nitrogens with zero attached hydrogens (tertiary/aromatic N) is 4. The third-order valence-corrected chi connectivity index (χ3v) is 5.40. The molecule has 0 fully saturated rings. The standard InChI is InChI=1S/C19H23N5O3S/c1-13(2)24-19-15(10-21-24)9-16(11-20-19)22-18(25)12-23(28(4,26)27)17-8-6-5-7-14(17)3/h5-11,13H,12H2,1-4H3,(H,22,25). The minimum atomic E-state index is -3.63. The van der Waals surface area contributed by atoms with Gasteiger partial charge in [-0.3, -0.25) is 9.10 Å². The number of para-hydroxylation sites is 1. The van der Waals surface area contributed by atoms with E-state index in [1.807, 2.05) is 19.9 Å². The fourth-order valence-electron chi connectivity index (χ4n) is 2.94. The molecular formula is C19H23N5O3S. The highest BCUT2D eigenvalue weighted by atomic mass is 32.2. The summed E-state index contributed by atoms with van der Waals surface area (Å²) in [6.07, 6.45) is 4.31. The first-order chi connectivity index (χ1) is 13.2. The van der Waals surface area contributed by atoms with Crippen molar-refractivity contribution in [2.45, 2.75) is 26.8 Å². The van der Waals surface area contributed by atoms with Crippen LogP contribution in [0.25, 0.3) is 11.0 Å². The lowest BCUT2D eigenvalue weighted by molar-refractivity contribution is -0.114. The van der Waals surface area contributed by atoms with Crippen LogP contribution in [0, 0.1) is 6.92 Å². The number of sulfonamides is 1. The van der Waals surface area contributed by atoms with Gasteiger partial charge in [0, 0.05) is 11.4 Å². The second-order valence-corrected chi connectivity index (χ2v) is 8.83. The maximum Gasteiger partial charge on any atom is 0.245 e. The predicted octanol–water partition coefficient (Wildman–Crippen LogP) is 2.73. The van der Waals surface area contributed by atoms with Crippen LogP contribution in [0.15, 0.2) is 42.7 Å². The van der Waals surface area contributed by atoms with Gasteiger partial charge in [0.05, 0.1) is 30.0 Å². The molecule has 1 N–H and O–H groups in total. The fourth-order valence-corrected chi connectivity index (χ4v) is 3.86. The van der Waals surface area contributed by atoms with Gasteiger partial charge in [-0.1, -0.05) is 18.2 Å². The Bertz CT molecular complexity index is 1120. The van der Waals surface area contributed by atoms with Crippen molar-refractivity contribution in [3.63, 3.8) is 0 Å². The van der Waals surface area contributed by atoms with E-state index in [0.717, 1.165) is 27.2 Å². The number of pyridine rings is 1. The molecule has 0 aliphatic rings. The van der Waals surface area contributed by atoms with Crippen LogP contribution in [-0.4, -0.2) is 41.9 Å². The number of aromatic nitrogens is 3. The van der Waals surface area contributed by atoms with E-state index in [9.17, 15) is 13.2 Å². The van der Waals surface area contributed by atoms with E-state index in [1.54, 1.807) is 48.3 Å². The number of nitrogens with one attached hydrogen (secondary N) is 1. The Morgan fingerprint density at radius 3 is 2.61 bits per heavy atom. The maximum atomic E-state index is 12.5. The van der Waals surface area contributed by atoms with Crippen LogP contribution < -0.4 is 9.62 Å². The molecule has 3 rings (SSSR count). The van der Waals surface area contributed by atoms with Crippen LogP contribution in [0.3, 0.4) is 0 Å². The van der Waals surface area contributed by atoms with Gasteiger partial charge >= 0.3 is 0 Å². The average Bonchev–Trinajstić information content (AvgIpc) is 3.03. The van der Waals surface area contributed by atoms with E-state index in [-0.39, 0.29) is 12.6 Å². The van der Waals surface area contributed by atoms with Crippen LogP contribution >= 0.6 is 0 Å². The van der Waals surface area contributed by atoms with Crippen molar-refractivity contribution in [3.8, 4) is 0 Å². The molecule has 8 nitrogen and oxygen atoms in total. The van der Waals surface area contributed by atoms with Gasteiger partial charge in [0.15, 0.2) is 5.65 Å². The van der Waals surface area contributed by atoms with E-state index >= 15 is 0 Å². The molecule has 28 heavy (non-hydrogen) atoms. The smallest absolute Gasteiger partial charge is 0.245 e. The van der Waals surface area contributed by atoms with Crippen molar-refractivity contribution in [3.05, 3.63) is 48.3 Å². The minimum Gasteiger partial charge on any atom is -0.323 e. The summed E-state index contributed by atoms with van der Waals surface area (Å²) in [5, 5.41) is 7.82. The van der Waals surface area contributed by atoms with E-state index in [1.165, 1.54) is 0 Å². The van der Waals surface area contributed by atoms with Crippen molar-refractivity contribution in [2.24, 2.45) is 0 Å². The van der Waals surface area contributed by atoms with Crippen LogP contribution in [0.1, 0.15) is 25.5 Å². The first-order valence-electron chi connectivity index (χ1n) is 8.83. The van der Waals surface area contributed by atoms with Gasteiger partial charge < -0.3 is 5.32 Å². The van der Waals surface area contributed by atoms with E-state index in [0.29, 0.717) is 11.4 Å². The first kappa shape index (κ1) is 19.8. The SMILES string of the molecule is Cc1ccccc1N(CC(=O)Nc1cnc2c(cnn2C(C)C)c1)S(C)(=O)=O. The zero-order valence-electron chi connectivity index (χ0n) is 16.2. The van der Waals surface area contributed by atoms with Gasteiger partial charge in [-0.05, 0) is 38.5 Å². The first-order valence-corrected chi connectivity index (χ1v) is 10.7. The number of hydrogen-bond acceptors (Lipinski definition) is 5. The molecular weight excluding hydrogens is 378 g/mol. The van der Waals surface area contributed by atoms with Crippen molar-refractivity contribution >= 4 is 38.3 Å². The molecule has 1 aromatic carbocycles. The molecule has 0 saturated heterocycles. The Morgan fingerprint density at radius 1 is 1.25 bits per heavy atom. The van der Waals surface area contributed by atoms with Crippen molar-refractivity contribution in [1.82, 2.24) is 14.8 Å². The Kier molecular flexibility index (Phi) is 5.37. The molecule has 9 heteroatoms. The molecule has 2 aromatic heterocycles. The summed E-state index contributed by atoms with van der Waals surface area (Å²) in [4.78, 5) is 16.9. The summed E-state index contributed by atoms with van der Waals surface area (Å²) in [7, 11) is -3.63. The molecule has 148 valence electrons. The molecule has 0 bridgehead atoms. The van der Waals surface area contributed by atoms with E-state index in [4.69, 9.17) is 0 Å². The molecule has 0 spiro atoms. The quantitative estimate of drug-likeness (QED) is 0.685. The molecule has 0 aliphatic carbocycles. The number of benzene rings is 1. The molecule has 3 aromatic rings. The van der Waals surface area contributed by atoms with E-state index in [2.05, 4.69) is 15.4 Å². The van der Waals surface area contributed by atoms with Crippen LogP contribution in [0.5, 0.6) is 0 Å². The van der Waals surface area contributed by atoms with Crippen molar-refractivity contribution in [1.29, 1.82) is 0 Å². The number of fused-ring (bicyclic) bond motifs is 1. The summed E-state index contributed by atoms with van der Waals surface area (Å²) in [6, 6.07) is 8.97. The third-order valence-electron chi connectivity index (χ3n) is 4.28. The molecule has 0 saturated carbocycles. The summed E-state index contributed by atoms with van der Waals surface area (Å²) >= 11 is 0. The molecule has 0 aliphatic heterocycles. The highest BCUT2D eigenvalue weighted by molar-refractivity contribution is 7.92. The Morgan fingerprint density at radius 2 is 1.96 bits per heavy atom. The number of rotatable bonds is 6. The summed E-state index contributed by atoms with van der Waals surface area (Å²) in [5.41, 5.74) is 2.46. The number of hydrogen-bond donors (Lipinski definition) is 1. The third kappa shape index (κ3) is 4.14. The summed E-state index contributed by atoms with van der Waals surface area (Å²) < 4.78 is 27.4. The zero-order chi connectivity index (χ0) is 20.5. The Hall–Kier alpha value is -2.94. The Labute approximate surface area is 164 Å². The molecule has 0 unspecified atom stereocenters. The van der Waals surface area contributed by atoms with E-state index < -0.39 is 15.9 Å². The van der Waals surface area contributed by atoms with Gasteiger partial charge in [0.1, 0.15) is 6.54 Å². The number of anilines is 2. The second kappa shape index (κ2) is 7.59. The Balaban J connectivity index is 1.82. The largest absolute Gasteiger partial charge is 0.323 e. The van der Waals surface area contributed by atoms with Crippen LogP contribution in [0.2, 0.25) is 0 Å². The predicted molar refractivity (Wildman–Crippen MR) is 110 cm³/mol. The topological polar surface area (TPSA) is 97.2 Å². The summed E-state index contributed by atoms with van der Waals surface area (Å²) in [6.45, 7) is 5.49. The van der Waals surface area contributed by atoms with Crippen molar-refractivity contribution in [2.75, 3.05) is 22.4 Å². The van der Waals surface area contributed by atoms with Gasteiger partial charge in [-0.25, -0.2) is 18.1 Å².